The van der Waals surface area contributed by atoms with E-state index in [1.54, 1.807) is 23.1 Å². The Morgan fingerprint density at radius 2 is 1.94 bits per heavy atom. The Hall–Kier alpha value is -3.19. The molecule has 35 heavy (non-hydrogen) atoms. The summed E-state index contributed by atoms with van der Waals surface area (Å²) < 4.78 is 17.4. The van der Waals surface area contributed by atoms with Crippen LogP contribution in [0.5, 0.6) is 11.5 Å². The zero-order valence-electron chi connectivity index (χ0n) is 19.7. The molecule has 0 radical (unpaired) electrons. The van der Waals surface area contributed by atoms with Crippen LogP contribution >= 0.6 is 11.6 Å². The first-order chi connectivity index (χ1) is 17.0. The summed E-state index contributed by atoms with van der Waals surface area (Å²) in [6.45, 7) is 2.93. The molecule has 1 saturated carbocycles. The summed E-state index contributed by atoms with van der Waals surface area (Å²) in [5.41, 5.74) is 1.69. The number of fused-ring (bicyclic) bond motifs is 2. The minimum Gasteiger partial charge on any atom is -0.486 e. The summed E-state index contributed by atoms with van der Waals surface area (Å²) in [6, 6.07) is 12.6. The van der Waals surface area contributed by atoms with Gasteiger partial charge in [-0.2, -0.15) is 0 Å². The number of nitrogens with zero attached hydrogens (tertiary/aromatic N) is 1. The van der Waals surface area contributed by atoms with Crippen LogP contribution in [-0.2, 0) is 14.3 Å². The molecule has 2 aromatic rings. The van der Waals surface area contributed by atoms with Crippen LogP contribution in [0.25, 0.3) is 6.08 Å². The second-order valence-corrected chi connectivity index (χ2v) is 9.63. The van der Waals surface area contributed by atoms with E-state index in [1.165, 1.54) is 0 Å². The van der Waals surface area contributed by atoms with Crippen molar-refractivity contribution in [2.45, 2.75) is 50.8 Å². The molecule has 1 N–H and O–H groups in total. The molecule has 0 bridgehead atoms. The average molecular weight is 497 g/mol. The van der Waals surface area contributed by atoms with Crippen LogP contribution in [0, 0.1) is 0 Å². The predicted molar refractivity (Wildman–Crippen MR) is 132 cm³/mol. The number of carbonyl (C=O) groups is 2. The summed E-state index contributed by atoms with van der Waals surface area (Å²) >= 11 is 6.11. The first-order valence-corrected chi connectivity index (χ1v) is 12.5. The normalized spacial score (nSPS) is 23.3. The van der Waals surface area contributed by atoms with Gasteiger partial charge in [0.05, 0.1) is 12.1 Å². The summed E-state index contributed by atoms with van der Waals surface area (Å²) in [7, 11) is 0. The van der Waals surface area contributed by atoms with Gasteiger partial charge in [-0.15, -0.1) is 0 Å². The lowest BCUT2D eigenvalue weighted by molar-refractivity contribution is -0.152. The van der Waals surface area contributed by atoms with Gasteiger partial charge in [0.25, 0.3) is 5.91 Å². The molecule has 0 spiro atoms. The van der Waals surface area contributed by atoms with Crippen LogP contribution in [0.3, 0.4) is 0 Å². The minimum absolute atomic E-state index is 0.0227. The molecule has 3 atom stereocenters. The maximum Gasteiger partial charge on any atom is 0.289 e. The molecule has 2 aromatic carbocycles. The molecule has 2 fully saturated rings. The Morgan fingerprint density at radius 3 is 2.77 bits per heavy atom. The number of nitrogens with one attached hydrogen (secondary N) is 1. The van der Waals surface area contributed by atoms with Crippen molar-refractivity contribution in [1.29, 1.82) is 0 Å². The Balaban J connectivity index is 1.31. The fourth-order valence-electron chi connectivity index (χ4n) is 4.96. The topological polar surface area (TPSA) is 77.1 Å². The Kier molecular flexibility index (Phi) is 6.86. The number of ether oxygens (including phenoxy) is 3. The molecule has 7 nitrogen and oxygen atoms in total. The van der Waals surface area contributed by atoms with E-state index in [9.17, 15) is 9.59 Å². The lowest BCUT2D eigenvalue weighted by Crippen LogP contribution is -2.57. The minimum atomic E-state index is -0.268. The number of carbonyl (C=O) groups excluding carboxylic acids is 2. The molecule has 2 heterocycles. The second kappa shape index (κ2) is 10.2. The van der Waals surface area contributed by atoms with E-state index in [4.69, 9.17) is 25.8 Å². The summed E-state index contributed by atoms with van der Waals surface area (Å²) in [5, 5.41) is 3.62. The predicted octanol–water partition coefficient (Wildman–Crippen LogP) is 4.50. The molecular formula is C27H29ClN2O5. The molecule has 2 amide bonds. The number of halogens is 1. The smallest absolute Gasteiger partial charge is 0.289 e. The molecule has 1 aliphatic carbocycles. The van der Waals surface area contributed by atoms with Gasteiger partial charge >= 0.3 is 0 Å². The van der Waals surface area contributed by atoms with Crippen LogP contribution in [0.4, 0.5) is 0 Å². The fraction of sp³-hybridized carbons (Fsp3) is 0.407. The van der Waals surface area contributed by atoms with Gasteiger partial charge in [-0.3, -0.25) is 9.59 Å². The molecule has 3 unspecified atom stereocenters. The van der Waals surface area contributed by atoms with Gasteiger partial charge in [0.1, 0.15) is 25.9 Å². The van der Waals surface area contributed by atoms with Crippen molar-refractivity contribution in [3.63, 3.8) is 0 Å². The van der Waals surface area contributed by atoms with E-state index in [0.29, 0.717) is 29.7 Å². The van der Waals surface area contributed by atoms with Crippen molar-refractivity contribution in [3.8, 4) is 11.5 Å². The van der Waals surface area contributed by atoms with Gasteiger partial charge in [-0.25, -0.2) is 0 Å². The van der Waals surface area contributed by atoms with Gasteiger partial charge in [0, 0.05) is 5.02 Å². The van der Waals surface area contributed by atoms with Crippen LogP contribution in [0.1, 0.15) is 49.8 Å². The van der Waals surface area contributed by atoms with E-state index in [-0.39, 0.29) is 42.3 Å². The van der Waals surface area contributed by atoms with Crippen LogP contribution < -0.4 is 14.8 Å². The highest BCUT2D eigenvalue weighted by atomic mass is 35.5. The van der Waals surface area contributed by atoms with Crippen molar-refractivity contribution < 1.29 is 23.8 Å². The van der Waals surface area contributed by atoms with Gasteiger partial charge in [-0.05, 0) is 67.7 Å². The third-order valence-electron chi connectivity index (χ3n) is 6.72. The van der Waals surface area contributed by atoms with E-state index in [0.717, 1.165) is 36.8 Å². The lowest BCUT2D eigenvalue weighted by Gasteiger charge is -2.44. The number of rotatable bonds is 5. The zero-order valence-corrected chi connectivity index (χ0v) is 20.4. The summed E-state index contributed by atoms with van der Waals surface area (Å²) in [4.78, 5) is 28.2. The average Bonchev–Trinajstić information content (AvgIpc) is 2.86. The standard InChI is InChI=1S/C27H29ClN2O5/c1-17(19-9-10-23-24(15-19)34-12-11-33-23)29-26(31)16-30-21-7-2-3-8-22(21)35-25(27(30)32)14-18-5-4-6-20(28)13-18/h4-6,9-10,13-15,17,21-22H,2-3,7-8,11-12,16H2,1H3,(H,29,31)/b25-14+. The van der Waals surface area contributed by atoms with E-state index in [1.807, 2.05) is 37.3 Å². The highest BCUT2D eigenvalue weighted by Crippen LogP contribution is 2.34. The monoisotopic (exact) mass is 496 g/mol. The number of hydrogen-bond donors (Lipinski definition) is 1. The van der Waals surface area contributed by atoms with Crippen molar-refractivity contribution in [2.24, 2.45) is 0 Å². The van der Waals surface area contributed by atoms with E-state index >= 15 is 0 Å². The van der Waals surface area contributed by atoms with Crippen LogP contribution in [0.2, 0.25) is 5.02 Å². The van der Waals surface area contributed by atoms with Crippen molar-refractivity contribution in [3.05, 3.63) is 64.4 Å². The number of hydrogen-bond acceptors (Lipinski definition) is 5. The molecule has 0 aromatic heterocycles. The van der Waals surface area contributed by atoms with Gasteiger partial charge in [0.15, 0.2) is 17.3 Å². The maximum atomic E-state index is 13.4. The molecule has 3 aliphatic rings. The quantitative estimate of drug-likeness (QED) is 0.617. The second-order valence-electron chi connectivity index (χ2n) is 9.20. The maximum absolute atomic E-state index is 13.4. The first-order valence-electron chi connectivity index (χ1n) is 12.1. The zero-order chi connectivity index (χ0) is 24.4. The molecule has 1 saturated heterocycles. The SMILES string of the molecule is CC(NC(=O)CN1C(=O)/C(=C\c2cccc(Cl)c2)OC2CCCCC21)c1ccc2c(c1)OCCO2. The molecule has 8 heteroatoms. The van der Waals surface area contributed by atoms with Crippen LogP contribution in [-0.4, -0.2) is 48.6 Å². The number of amides is 2. The lowest BCUT2D eigenvalue weighted by atomic mass is 9.89. The highest BCUT2D eigenvalue weighted by molar-refractivity contribution is 6.30. The summed E-state index contributed by atoms with van der Waals surface area (Å²) in [5.74, 6) is 1.16. The fourth-order valence-corrected chi connectivity index (χ4v) is 5.16. The van der Waals surface area contributed by atoms with Gasteiger partial charge in [0.2, 0.25) is 5.91 Å². The number of morpholine rings is 1. The van der Waals surface area contributed by atoms with Crippen molar-refractivity contribution in [2.75, 3.05) is 19.8 Å². The summed E-state index contributed by atoms with van der Waals surface area (Å²) in [6.07, 6.45) is 5.33. The van der Waals surface area contributed by atoms with Crippen molar-refractivity contribution in [1.82, 2.24) is 10.2 Å². The van der Waals surface area contributed by atoms with E-state index in [2.05, 4.69) is 5.32 Å². The third kappa shape index (κ3) is 5.25. The Morgan fingerprint density at radius 1 is 1.14 bits per heavy atom. The largest absolute Gasteiger partial charge is 0.486 e. The Labute approximate surface area is 210 Å². The third-order valence-corrected chi connectivity index (χ3v) is 6.96. The van der Waals surface area contributed by atoms with Crippen molar-refractivity contribution >= 4 is 29.5 Å². The van der Waals surface area contributed by atoms with Gasteiger partial charge < -0.3 is 24.4 Å². The molecular weight excluding hydrogens is 468 g/mol. The Bertz CT molecular complexity index is 1150. The molecule has 184 valence electrons. The molecule has 5 rings (SSSR count). The first kappa shape index (κ1) is 23.5. The highest BCUT2D eigenvalue weighted by Gasteiger charge is 2.42. The van der Waals surface area contributed by atoms with Gasteiger partial charge in [-0.1, -0.05) is 36.2 Å². The van der Waals surface area contributed by atoms with Crippen LogP contribution in [0.15, 0.2) is 48.2 Å². The molecule has 2 aliphatic heterocycles. The number of benzene rings is 2. The van der Waals surface area contributed by atoms with E-state index < -0.39 is 0 Å².